The minimum atomic E-state index is -0.585. The first kappa shape index (κ1) is 24.4. The van der Waals surface area contributed by atoms with E-state index in [-0.39, 0.29) is 12.2 Å². The Hall–Kier alpha value is -2.34. The summed E-state index contributed by atoms with van der Waals surface area (Å²) in [6.07, 6.45) is 1.97. The molecule has 0 spiro atoms. The SMILES string of the molecule is CC1(C)O[C@@H](CP(c2ccccc2)c2ccccc2)[C@@H](CP(c2ccccc2)c2ccccc2)O1. The second-order valence-corrected chi connectivity index (χ2v) is 13.8. The summed E-state index contributed by atoms with van der Waals surface area (Å²) >= 11 is 0. The summed E-state index contributed by atoms with van der Waals surface area (Å²) in [6.45, 7) is 4.11. The molecule has 0 unspecified atom stereocenters. The molecule has 0 N–H and O–H groups in total. The molecule has 0 amide bonds. The number of hydrogen-bond acceptors (Lipinski definition) is 2. The molecule has 0 radical (unpaired) electrons. The third-order valence-electron chi connectivity index (χ3n) is 6.28. The zero-order valence-corrected chi connectivity index (χ0v) is 22.1. The summed E-state index contributed by atoms with van der Waals surface area (Å²) in [5, 5.41) is 5.53. The number of benzene rings is 4. The highest BCUT2D eigenvalue weighted by molar-refractivity contribution is 7.73. The minimum absolute atomic E-state index is 0.0361. The molecular formula is C31H32O2P2. The maximum Gasteiger partial charge on any atom is 0.163 e. The predicted molar refractivity (Wildman–Crippen MR) is 152 cm³/mol. The highest BCUT2D eigenvalue weighted by Crippen LogP contribution is 2.44. The van der Waals surface area contributed by atoms with Crippen molar-refractivity contribution in [3.8, 4) is 0 Å². The van der Waals surface area contributed by atoms with Crippen molar-refractivity contribution in [2.24, 2.45) is 0 Å². The average molecular weight is 499 g/mol. The summed E-state index contributed by atoms with van der Waals surface area (Å²) in [6, 6.07) is 43.6. The van der Waals surface area contributed by atoms with Crippen LogP contribution in [0, 0.1) is 0 Å². The van der Waals surface area contributed by atoms with E-state index in [1.165, 1.54) is 21.2 Å². The lowest BCUT2D eigenvalue weighted by Gasteiger charge is -2.27. The number of rotatable bonds is 8. The molecule has 4 aromatic carbocycles. The van der Waals surface area contributed by atoms with Crippen LogP contribution in [0.5, 0.6) is 0 Å². The highest BCUT2D eigenvalue weighted by atomic mass is 31.1. The van der Waals surface area contributed by atoms with Crippen LogP contribution < -0.4 is 21.2 Å². The van der Waals surface area contributed by atoms with Crippen molar-refractivity contribution in [1.82, 2.24) is 0 Å². The van der Waals surface area contributed by atoms with E-state index in [0.717, 1.165) is 12.3 Å². The van der Waals surface area contributed by atoms with Crippen LogP contribution in [0.4, 0.5) is 0 Å². The molecule has 1 fully saturated rings. The topological polar surface area (TPSA) is 18.5 Å². The van der Waals surface area contributed by atoms with Crippen molar-refractivity contribution >= 4 is 37.1 Å². The molecule has 4 aromatic rings. The van der Waals surface area contributed by atoms with Crippen molar-refractivity contribution in [1.29, 1.82) is 0 Å². The third-order valence-corrected chi connectivity index (χ3v) is 11.4. The first-order valence-electron chi connectivity index (χ1n) is 12.2. The van der Waals surface area contributed by atoms with E-state index in [0.29, 0.717) is 0 Å². The van der Waals surface area contributed by atoms with Gasteiger partial charge in [-0.05, 0) is 50.9 Å². The van der Waals surface area contributed by atoms with Gasteiger partial charge < -0.3 is 9.47 Å². The van der Waals surface area contributed by atoms with Crippen LogP contribution in [-0.2, 0) is 9.47 Å². The summed E-state index contributed by atoms with van der Waals surface area (Å²) in [5.41, 5.74) is 0. The van der Waals surface area contributed by atoms with Gasteiger partial charge in [-0.3, -0.25) is 0 Å². The van der Waals surface area contributed by atoms with Gasteiger partial charge in [-0.1, -0.05) is 121 Å². The molecule has 2 atom stereocenters. The van der Waals surface area contributed by atoms with Gasteiger partial charge in [0.15, 0.2) is 5.79 Å². The zero-order valence-electron chi connectivity index (χ0n) is 20.3. The van der Waals surface area contributed by atoms with Crippen LogP contribution in [0.25, 0.3) is 0 Å². The lowest BCUT2D eigenvalue weighted by Crippen LogP contribution is -2.33. The van der Waals surface area contributed by atoms with Gasteiger partial charge in [0.25, 0.3) is 0 Å². The molecule has 0 aromatic heterocycles. The van der Waals surface area contributed by atoms with Crippen molar-refractivity contribution < 1.29 is 9.47 Å². The van der Waals surface area contributed by atoms with Gasteiger partial charge >= 0.3 is 0 Å². The average Bonchev–Trinajstić information content (AvgIpc) is 3.20. The summed E-state index contributed by atoms with van der Waals surface area (Å²) in [4.78, 5) is 0. The number of hydrogen-bond donors (Lipinski definition) is 0. The second-order valence-electron chi connectivity index (χ2n) is 9.28. The maximum absolute atomic E-state index is 6.61. The predicted octanol–water partition coefficient (Wildman–Crippen LogP) is 5.77. The maximum atomic E-state index is 6.61. The first-order chi connectivity index (χ1) is 17.1. The van der Waals surface area contributed by atoms with Crippen LogP contribution >= 0.6 is 15.8 Å². The van der Waals surface area contributed by atoms with Crippen LogP contribution in [-0.4, -0.2) is 30.3 Å². The lowest BCUT2D eigenvalue weighted by molar-refractivity contribution is -0.142. The quantitative estimate of drug-likeness (QED) is 0.287. The second kappa shape index (κ2) is 11.2. The van der Waals surface area contributed by atoms with Crippen LogP contribution in [0.1, 0.15) is 13.8 Å². The normalized spacial score (nSPS) is 19.3. The zero-order chi connectivity index (χ0) is 24.1. The molecule has 1 aliphatic rings. The smallest absolute Gasteiger partial charge is 0.163 e. The van der Waals surface area contributed by atoms with Crippen LogP contribution in [0.15, 0.2) is 121 Å². The molecule has 0 aliphatic carbocycles. The Balaban J connectivity index is 1.46. The van der Waals surface area contributed by atoms with Crippen molar-refractivity contribution in [3.05, 3.63) is 121 Å². The van der Waals surface area contributed by atoms with Gasteiger partial charge in [-0.2, -0.15) is 0 Å². The lowest BCUT2D eigenvalue weighted by atomic mass is 10.3. The molecular weight excluding hydrogens is 466 g/mol. The highest BCUT2D eigenvalue weighted by Gasteiger charge is 2.43. The molecule has 0 saturated carbocycles. The van der Waals surface area contributed by atoms with E-state index in [2.05, 4.69) is 135 Å². The summed E-state index contributed by atoms with van der Waals surface area (Å²) in [5.74, 6) is -0.585. The third kappa shape index (κ3) is 6.08. The molecule has 35 heavy (non-hydrogen) atoms. The van der Waals surface area contributed by atoms with E-state index in [1.807, 2.05) is 0 Å². The molecule has 1 saturated heterocycles. The Morgan fingerprint density at radius 2 is 0.743 bits per heavy atom. The molecule has 1 heterocycles. The van der Waals surface area contributed by atoms with Crippen molar-refractivity contribution in [3.63, 3.8) is 0 Å². The van der Waals surface area contributed by atoms with Crippen LogP contribution in [0.3, 0.4) is 0 Å². The van der Waals surface area contributed by atoms with Crippen molar-refractivity contribution in [2.75, 3.05) is 12.3 Å². The van der Waals surface area contributed by atoms with E-state index in [1.54, 1.807) is 0 Å². The largest absolute Gasteiger partial charge is 0.344 e. The Kier molecular flexibility index (Phi) is 7.76. The minimum Gasteiger partial charge on any atom is -0.344 e. The van der Waals surface area contributed by atoms with Gasteiger partial charge in [0.2, 0.25) is 0 Å². The van der Waals surface area contributed by atoms with E-state index in [9.17, 15) is 0 Å². The Labute approximate surface area is 211 Å². The molecule has 5 rings (SSSR count). The van der Waals surface area contributed by atoms with E-state index in [4.69, 9.17) is 9.47 Å². The number of ether oxygens (including phenoxy) is 2. The molecule has 0 bridgehead atoms. The van der Waals surface area contributed by atoms with Gasteiger partial charge in [-0.15, -0.1) is 0 Å². The monoisotopic (exact) mass is 498 g/mol. The fraction of sp³-hybridized carbons (Fsp3) is 0.226. The standard InChI is InChI=1S/C31H32O2P2/c1-31(2)32-29(23-34(25-15-7-3-8-16-25)26-17-9-4-10-18-26)30(33-31)24-35(27-19-11-5-12-20-27)28-21-13-6-14-22-28/h3-22,29-30H,23-24H2,1-2H3/t29-,30+. The fourth-order valence-electron chi connectivity index (χ4n) is 4.73. The van der Waals surface area contributed by atoms with Crippen molar-refractivity contribution in [2.45, 2.75) is 31.8 Å². The Morgan fingerprint density at radius 3 is 1.00 bits per heavy atom. The molecule has 4 heteroatoms. The first-order valence-corrected chi connectivity index (χ1v) is 15.3. The fourth-order valence-corrected chi connectivity index (χ4v) is 9.64. The van der Waals surface area contributed by atoms with Gasteiger partial charge in [-0.25, -0.2) is 0 Å². The molecule has 1 aliphatic heterocycles. The Morgan fingerprint density at radius 1 is 0.486 bits per heavy atom. The molecule has 2 nitrogen and oxygen atoms in total. The van der Waals surface area contributed by atoms with Crippen LogP contribution in [0.2, 0.25) is 0 Å². The van der Waals surface area contributed by atoms with Gasteiger partial charge in [0.05, 0.1) is 12.2 Å². The molecule has 178 valence electrons. The van der Waals surface area contributed by atoms with Gasteiger partial charge in [0.1, 0.15) is 0 Å². The van der Waals surface area contributed by atoms with E-state index >= 15 is 0 Å². The van der Waals surface area contributed by atoms with Gasteiger partial charge in [0, 0.05) is 12.3 Å². The van der Waals surface area contributed by atoms with E-state index < -0.39 is 21.6 Å². The summed E-state index contributed by atoms with van der Waals surface area (Å²) in [7, 11) is -1.12. The summed E-state index contributed by atoms with van der Waals surface area (Å²) < 4.78 is 13.2. The Bertz CT molecular complexity index is 1010.